The lowest BCUT2D eigenvalue weighted by Crippen LogP contribution is -2.47. The smallest absolute Gasteiger partial charge is 0.306 e. The Labute approximate surface area is 418 Å². The summed E-state index contributed by atoms with van der Waals surface area (Å²) in [4.78, 5) is 39.8. The first kappa shape index (κ1) is 65.2. The van der Waals surface area contributed by atoms with Crippen molar-refractivity contribution in [3.05, 3.63) is 85.1 Å². The number of likely N-dealkylation sites (N-methyl/N-ethyl adjacent to an activating group) is 1. The minimum Gasteiger partial charge on any atom is -0.756 e. The Morgan fingerprint density at radius 2 is 1.01 bits per heavy atom. The van der Waals surface area contributed by atoms with Gasteiger partial charge in [-0.3, -0.25) is 14.2 Å². The number of carbonyl (C=O) groups is 2. The average molecular weight is 971 g/mol. The predicted molar refractivity (Wildman–Crippen MR) is 288 cm³/mol. The molecule has 3 atom stereocenters. The number of carbonyl (C=O) groups excluding carboxylic acids is 2. The van der Waals surface area contributed by atoms with Gasteiger partial charge in [-0.2, -0.15) is 0 Å². The highest BCUT2D eigenvalue weighted by atomic mass is 31.2. The fraction of sp³-hybridized carbons (Fsp3) is 0.724. The molecule has 0 saturated carbocycles. The quantitative estimate of drug-likeness (QED) is 0.0161. The molecular weight excluding hydrogens is 868 g/mol. The summed E-state index contributed by atoms with van der Waals surface area (Å²) < 4.78 is 30.2. The van der Waals surface area contributed by atoms with Gasteiger partial charge in [-0.1, -0.05) is 209 Å². The maximum Gasteiger partial charge on any atom is 0.306 e. The molecule has 0 fully saturated rings. The fourth-order valence-electron chi connectivity index (χ4n) is 7.42. The SMILES string of the molecule is CC/C=C/C=C/C=C/CCCCCCCCCC(=O)NC(COP(=O)([O-])OCC[N+](C)(C)C)C(/C=C/CCCCCCCCCCCCC)OC(=O)CCCCCC/C=C/C/C=C/C/C=C/CC. The van der Waals surface area contributed by atoms with Gasteiger partial charge < -0.3 is 28.5 Å². The number of esters is 1. The molecule has 0 bridgehead atoms. The summed E-state index contributed by atoms with van der Waals surface area (Å²) in [5, 5.41) is 3.00. The first-order valence-electron chi connectivity index (χ1n) is 27.4. The molecule has 68 heavy (non-hydrogen) atoms. The molecule has 392 valence electrons. The van der Waals surface area contributed by atoms with Crippen molar-refractivity contribution in [1.29, 1.82) is 0 Å². The van der Waals surface area contributed by atoms with E-state index in [4.69, 9.17) is 13.8 Å². The lowest BCUT2D eigenvalue weighted by molar-refractivity contribution is -0.870. The van der Waals surface area contributed by atoms with E-state index < -0.39 is 26.6 Å². The van der Waals surface area contributed by atoms with Crippen LogP contribution in [0.3, 0.4) is 0 Å². The lowest BCUT2D eigenvalue weighted by Gasteiger charge is -2.30. The van der Waals surface area contributed by atoms with E-state index in [1.54, 1.807) is 0 Å². The molecule has 3 unspecified atom stereocenters. The topological polar surface area (TPSA) is 114 Å². The number of phosphoric acid groups is 1. The summed E-state index contributed by atoms with van der Waals surface area (Å²) in [5.74, 6) is -0.587. The van der Waals surface area contributed by atoms with Gasteiger partial charge in [0.1, 0.15) is 19.3 Å². The molecule has 0 aliphatic carbocycles. The van der Waals surface area contributed by atoms with Crippen molar-refractivity contribution in [3.8, 4) is 0 Å². The highest BCUT2D eigenvalue weighted by Gasteiger charge is 2.27. The summed E-state index contributed by atoms with van der Waals surface area (Å²) in [6.07, 6.45) is 61.1. The van der Waals surface area contributed by atoms with Gasteiger partial charge in [-0.25, -0.2) is 0 Å². The second-order valence-corrected chi connectivity index (χ2v) is 20.8. The van der Waals surface area contributed by atoms with Crippen LogP contribution in [0.15, 0.2) is 85.1 Å². The number of allylic oxidation sites excluding steroid dienone is 13. The minimum absolute atomic E-state index is 0.0325. The van der Waals surface area contributed by atoms with Crippen LogP contribution in [0.5, 0.6) is 0 Å². The number of hydrogen-bond acceptors (Lipinski definition) is 7. The Balaban J connectivity index is 5.47. The third kappa shape index (κ3) is 48.2. The number of quaternary nitrogens is 1. The van der Waals surface area contributed by atoms with Crippen molar-refractivity contribution in [3.63, 3.8) is 0 Å². The molecule has 1 N–H and O–H groups in total. The van der Waals surface area contributed by atoms with E-state index in [0.717, 1.165) is 103 Å². The Hall–Kier alpha value is -2.81. The van der Waals surface area contributed by atoms with E-state index >= 15 is 0 Å². The third-order valence-electron chi connectivity index (χ3n) is 11.6. The molecule has 0 radical (unpaired) electrons. The van der Waals surface area contributed by atoms with Gasteiger partial charge in [0.15, 0.2) is 0 Å². The number of nitrogens with zero attached hydrogens (tertiary/aromatic N) is 1. The molecule has 0 aromatic heterocycles. The molecule has 1 amide bonds. The van der Waals surface area contributed by atoms with E-state index in [1.165, 1.54) is 77.0 Å². The van der Waals surface area contributed by atoms with Gasteiger partial charge in [-0.15, -0.1) is 0 Å². The molecule has 0 aromatic carbocycles. The van der Waals surface area contributed by atoms with Crippen LogP contribution in [0, 0.1) is 0 Å². The van der Waals surface area contributed by atoms with Crippen molar-refractivity contribution in [2.24, 2.45) is 0 Å². The average Bonchev–Trinajstić information content (AvgIpc) is 3.29. The summed E-state index contributed by atoms with van der Waals surface area (Å²) in [6.45, 7) is 6.56. The largest absolute Gasteiger partial charge is 0.756 e. The Morgan fingerprint density at radius 3 is 1.57 bits per heavy atom. The number of ether oxygens (including phenoxy) is 1. The number of phosphoric ester groups is 1. The van der Waals surface area contributed by atoms with Crippen LogP contribution in [0.1, 0.15) is 220 Å². The zero-order valence-electron chi connectivity index (χ0n) is 44.5. The molecule has 0 heterocycles. The second kappa shape index (κ2) is 47.8. The Kier molecular flexibility index (Phi) is 45.9. The molecule has 0 saturated heterocycles. The van der Waals surface area contributed by atoms with Crippen LogP contribution >= 0.6 is 7.82 Å². The zero-order chi connectivity index (χ0) is 50.1. The van der Waals surface area contributed by atoms with Gasteiger partial charge in [0.25, 0.3) is 7.82 Å². The molecule has 0 aliphatic heterocycles. The molecule has 0 aliphatic rings. The van der Waals surface area contributed by atoms with E-state index in [9.17, 15) is 19.0 Å². The van der Waals surface area contributed by atoms with Gasteiger partial charge in [0.2, 0.25) is 5.91 Å². The first-order chi connectivity index (χ1) is 32.9. The summed E-state index contributed by atoms with van der Waals surface area (Å²) in [6, 6.07) is -0.906. The van der Waals surface area contributed by atoms with Crippen LogP contribution in [-0.2, 0) is 27.9 Å². The molecule has 0 rings (SSSR count). The highest BCUT2D eigenvalue weighted by molar-refractivity contribution is 7.45. The van der Waals surface area contributed by atoms with Gasteiger partial charge >= 0.3 is 5.97 Å². The molecule has 0 spiro atoms. The number of nitrogens with one attached hydrogen (secondary N) is 1. The van der Waals surface area contributed by atoms with E-state index in [2.05, 4.69) is 99.0 Å². The van der Waals surface area contributed by atoms with E-state index in [1.807, 2.05) is 33.3 Å². The standard InChI is InChI=1S/C58H103N2O7P/c1-7-10-13-16-19-22-25-28-30-32-35-38-41-44-47-50-57(61)59-55(54-66-68(63,64)65-53-52-60(4,5)6)56(49-46-43-40-37-34-31-27-24-21-18-15-12-9-3)67-58(62)51-48-45-42-39-36-33-29-26-23-20-17-14-11-8-2/h10-11,13-14,16,19-20,22-23,25,29,33,46,49,55-56H,7-9,12,15,17-18,21,24,26-28,30-32,34-45,47-48,50-54H2,1-6H3,(H-,59,61,63,64)/b13-10+,14-11+,19-16+,23-20+,25-22+,33-29+,49-46+. The number of hydrogen-bond donors (Lipinski definition) is 1. The van der Waals surface area contributed by atoms with Gasteiger partial charge in [0, 0.05) is 12.8 Å². The third-order valence-corrected chi connectivity index (χ3v) is 12.6. The van der Waals surface area contributed by atoms with Crippen molar-refractivity contribution in [2.45, 2.75) is 232 Å². The molecule has 0 aromatic rings. The van der Waals surface area contributed by atoms with Gasteiger partial charge in [-0.05, 0) is 83.1 Å². The van der Waals surface area contributed by atoms with Crippen LogP contribution in [0.4, 0.5) is 0 Å². The minimum atomic E-state index is -4.70. The summed E-state index contributed by atoms with van der Waals surface area (Å²) >= 11 is 0. The molecule has 10 heteroatoms. The maximum absolute atomic E-state index is 13.5. The van der Waals surface area contributed by atoms with Gasteiger partial charge in [0.05, 0.1) is 33.8 Å². The van der Waals surface area contributed by atoms with Crippen molar-refractivity contribution < 1.29 is 37.3 Å². The molecular formula is C58H103N2O7P. The fourth-order valence-corrected chi connectivity index (χ4v) is 8.14. The van der Waals surface area contributed by atoms with Crippen molar-refractivity contribution >= 4 is 19.7 Å². The normalized spacial score (nSPS) is 14.5. The molecule has 9 nitrogen and oxygen atoms in total. The van der Waals surface area contributed by atoms with E-state index in [-0.39, 0.29) is 24.9 Å². The van der Waals surface area contributed by atoms with E-state index in [0.29, 0.717) is 23.9 Å². The summed E-state index contributed by atoms with van der Waals surface area (Å²) in [5.41, 5.74) is 0. The zero-order valence-corrected chi connectivity index (χ0v) is 45.4. The highest BCUT2D eigenvalue weighted by Crippen LogP contribution is 2.38. The summed E-state index contributed by atoms with van der Waals surface area (Å²) in [7, 11) is 1.15. The lowest BCUT2D eigenvalue weighted by atomic mass is 10.0. The maximum atomic E-state index is 13.5. The number of unbranched alkanes of at least 4 members (excludes halogenated alkanes) is 22. The Morgan fingerprint density at radius 1 is 0.544 bits per heavy atom. The predicted octanol–water partition coefficient (Wildman–Crippen LogP) is 15.6. The van der Waals surface area contributed by atoms with Crippen LogP contribution in [-0.4, -0.2) is 69.4 Å². The van der Waals surface area contributed by atoms with Crippen LogP contribution in [0.25, 0.3) is 0 Å². The van der Waals surface area contributed by atoms with Crippen LogP contribution in [0.2, 0.25) is 0 Å². The number of rotatable bonds is 48. The van der Waals surface area contributed by atoms with Crippen molar-refractivity contribution in [2.75, 3.05) is 40.9 Å². The number of amides is 1. The van der Waals surface area contributed by atoms with Crippen LogP contribution < -0.4 is 10.2 Å². The second-order valence-electron chi connectivity index (χ2n) is 19.4. The first-order valence-corrected chi connectivity index (χ1v) is 28.9. The monoisotopic (exact) mass is 971 g/mol. The van der Waals surface area contributed by atoms with Crippen molar-refractivity contribution in [1.82, 2.24) is 5.32 Å². The Bertz CT molecular complexity index is 1440.